The van der Waals surface area contributed by atoms with Gasteiger partial charge in [0, 0.05) is 0 Å². The minimum atomic E-state index is -1.29. The Hall–Kier alpha value is -2.89. The van der Waals surface area contributed by atoms with Crippen molar-refractivity contribution in [2.45, 2.75) is 65.3 Å². The Kier molecular flexibility index (Phi) is 7.54. The minimum absolute atomic E-state index is 0.0316. The van der Waals surface area contributed by atoms with Crippen molar-refractivity contribution in [2.24, 2.45) is 5.92 Å². The van der Waals surface area contributed by atoms with Gasteiger partial charge in [0.25, 0.3) is 5.91 Å². The highest BCUT2D eigenvalue weighted by atomic mass is 16.5. The molecule has 2 aliphatic rings. The van der Waals surface area contributed by atoms with Crippen LogP contribution in [-0.2, 0) is 23.9 Å². The SMILES string of the molecule is CCOC(=O)C(=CC1CCCCC1)C(=O)C(C)(C)N1COC(C)=C(c2ccccc2)C1=O. The van der Waals surface area contributed by atoms with Gasteiger partial charge < -0.3 is 9.47 Å². The van der Waals surface area contributed by atoms with Crippen LogP contribution in [0.4, 0.5) is 0 Å². The smallest absolute Gasteiger partial charge is 0.341 e. The van der Waals surface area contributed by atoms with Gasteiger partial charge in [-0.1, -0.05) is 55.7 Å². The van der Waals surface area contributed by atoms with Gasteiger partial charge in [0.1, 0.15) is 16.9 Å². The molecule has 32 heavy (non-hydrogen) atoms. The molecule has 1 heterocycles. The number of ketones is 1. The number of rotatable bonds is 7. The molecule has 0 radical (unpaired) electrons. The number of carbonyl (C=O) groups is 3. The van der Waals surface area contributed by atoms with Crippen LogP contribution < -0.4 is 0 Å². The summed E-state index contributed by atoms with van der Waals surface area (Å²) in [6.45, 7) is 6.91. The first-order valence-electron chi connectivity index (χ1n) is 11.4. The van der Waals surface area contributed by atoms with Crippen LogP contribution in [0, 0.1) is 5.92 Å². The van der Waals surface area contributed by atoms with Gasteiger partial charge >= 0.3 is 5.97 Å². The van der Waals surface area contributed by atoms with Gasteiger partial charge in [-0.15, -0.1) is 0 Å². The molecule has 1 fully saturated rings. The van der Waals surface area contributed by atoms with E-state index in [0.29, 0.717) is 11.3 Å². The average Bonchev–Trinajstić information content (AvgIpc) is 2.78. The molecule has 3 rings (SSSR count). The zero-order chi connectivity index (χ0) is 23.3. The zero-order valence-electron chi connectivity index (χ0n) is 19.5. The van der Waals surface area contributed by atoms with E-state index in [1.54, 1.807) is 33.8 Å². The Morgan fingerprint density at radius 3 is 2.44 bits per heavy atom. The van der Waals surface area contributed by atoms with E-state index in [9.17, 15) is 14.4 Å². The molecule has 1 amide bonds. The molecule has 0 atom stereocenters. The topological polar surface area (TPSA) is 72.9 Å². The fourth-order valence-electron chi connectivity index (χ4n) is 4.36. The molecule has 0 bridgehead atoms. The molecule has 0 spiro atoms. The summed E-state index contributed by atoms with van der Waals surface area (Å²) >= 11 is 0. The summed E-state index contributed by atoms with van der Waals surface area (Å²) in [5.74, 6) is -0.663. The first kappa shape index (κ1) is 23.8. The molecule has 172 valence electrons. The standard InChI is InChI=1S/C26H33NO5/c1-5-31-25(30)21(16-19-12-8-6-9-13-19)23(28)26(3,4)27-17-32-18(2)22(24(27)29)20-14-10-7-11-15-20/h7,10-11,14-16,19H,5-6,8-9,12-13,17H2,1-4H3. The average molecular weight is 440 g/mol. The first-order chi connectivity index (χ1) is 15.3. The molecule has 1 aromatic rings. The van der Waals surface area contributed by atoms with E-state index in [0.717, 1.165) is 31.2 Å². The van der Waals surface area contributed by atoms with Gasteiger partial charge in [0.15, 0.2) is 12.5 Å². The van der Waals surface area contributed by atoms with Crippen LogP contribution in [0.2, 0.25) is 0 Å². The van der Waals surface area contributed by atoms with E-state index in [1.807, 2.05) is 30.3 Å². The van der Waals surface area contributed by atoms with Crippen molar-refractivity contribution in [3.8, 4) is 0 Å². The Bertz CT molecular complexity index is 923. The maximum atomic E-state index is 13.7. The van der Waals surface area contributed by atoms with E-state index < -0.39 is 17.3 Å². The molecule has 0 saturated heterocycles. The molecule has 0 aromatic heterocycles. The normalized spacial score (nSPS) is 18.4. The first-order valence-corrected chi connectivity index (χ1v) is 11.4. The van der Waals surface area contributed by atoms with Gasteiger partial charge in [0.05, 0.1) is 12.2 Å². The molecule has 1 aliphatic heterocycles. The molecule has 1 aliphatic carbocycles. The van der Waals surface area contributed by atoms with Crippen LogP contribution >= 0.6 is 0 Å². The van der Waals surface area contributed by atoms with E-state index in [2.05, 4.69) is 0 Å². The number of hydrogen-bond donors (Lipinski definition) is 0. The van der Waals surface area contributed by atoms with E-state index in [1.165, 1.54) is 11.3 Å². The Morgan fingerprint density at radius 1 is 1.16 bits per heavy atom. The molecule has 1 aromatic carbocycles. The quantitative estimate of drug-likeness (QED) is 0.268. The molecule has 1 saturated carbocycles. The molecular weight excluding hydrogens is 406 g/mol. The van der Waals surface area contributed by atoms with Crippen molar-refractivity contribution in [2.75, 3.05) is 13.3 Å². The maximum absolute atomic E-state index is 13.7. The van der Waals surface area contributed by atoms with Crippen LogP contribution in [0.25, 0.3) is 5.57 Å². The third kappa shape index (κ3) is 4.95. The summed E-state index contributed by atoms with van der Waals surface area (Å²) in [4.78, 5) is 41.3. The van der Waals surface area contributed by atoms with Crippen LogP contribution in [0.15, 0.2) is 47.7 Å². The van der Waals surface area contributed by atoms with E-state index in [4.69, 9.17) is 9.47 Å². The number of benzene rings is 1. The van der Waals surface area contributed by atoms with Gasteiger partial charge in [-0.2, -0.15) is 0 Å². The highest BCUT2D eigenvalue weighted by Crippen LogP contribution is 2.33. The van der Waals surface area contributed by atoms with Crippen molar-refractivity contribution in [3.05, 3.63) is 53.3 Å². The molecule has 0 N–H and O–H groups in total. The highest BCUT2D eigenvalue weighted by molar-refractivity contribution is 6.25. The van der Waals surface area contributed by atoms with E-state index in [-0.39, 0.29) is 30.7 Å². The number of hydrogen-bond acceptors (Lipinski definition) is 5. The lowest BCUT2D eigenvalue weighted by Crippen LogP contribution is -2.56. The predicted octanol–water partition coefficient (Wildman–Crippen LogP) is 4.65. The lowest BCUT2D eigenvalue weighted by molar-refractivity contribution is -0.149. The van der Waals surface area contributed by atoms with Crippen molar-refractivity contribution in [3.63, 3.8) is 0 Å². The Morgan fingerprint density at radius 2 is 1.81 bits per heavy atom. The fraction of sp³-hybridized carbons (Fsp3) is 0.500. The summed E-state index contributed by atoms with van der Waals surface area (Å²) in [6, 6.07) is 9.26. The second-order valence-electron chi connectivity index (χ2n) is 8.89. The Labute approximate surface area is 190 Å². The monoisotopic (exact) mass is 439 g/mol. The van der Waals surface area contributed by atoms with Crippen LogP contribution in [0.1, 0.15) is 65.4 Å². The third-order valence-corrected chi connectivity index (χ3v) is 6.31. The van der Waals surface area contributed by atoms with Crippen molar-refractivity contribution < 1.29 is 23.9 Å². The second kappa shape index (κ2) is 10.2. The molecule has 6 heteroatoms. The van der Waals surface area contributed by atoms with Gasteiger partial charge in [-0.25, -0.2) is 4.79 Å². The summed E-state index contributed by atoms with van der Waals surface area (Å²) in [6.07, 6.45) is 7.00. The summed E-state index contributed by atoms with van der Waals surface area (Å²) in [5.41, 5.74) is -0.104. The number of nitrogens with zero attached hydrogens (tertiary/aromatic N) is 1. The number of Topliss-reactive ketones (excluding diaryl/α,β-unsaturated/α-hetero) is 1. The van der Waals surface area contributed by atoms with E-state index >= 15 is 0 Å². The number of carbonyl (C=O) groups excluding carboxylic acids is 3. The highest BCUT2D eigenvalue weighted by Gasteiger charge is 2.44. The number of esters is 1. The van der Waals surface area contributed by atoms with Crippen molar-refractivity contribution in [1.29, 1.82) is 0 Å². The van der Waals surface area contributed by atoms with Crippen LogP contribution in [0.5, 0.6) is 0 Å². The second-order valence-corrected chi connectivity index (χ2v) is 8.89. The number of amides is 1. The van der Waals surface area contributed by atoms with Gasteiger partial charge in [-0.05, 0) is 52.0 Å². The summed E-state index contributed by atoms with van der Waals surface area (Å²) in [7, 11) is 0. The number of ether oxygens (including phenoxy) is 2. The lowest BCUT2D eigenvalue weighted by Gasteiger charge is -2.40. The lowest BCUT2D eigenvalue weighted by atomic mass is 9.84. The van der Waals surface area contributed by atoms with Crippen LogP contribution in [-0.4, -0.2) is 41.4 Å². The fourth-order valence-corrected chi connectivity index (χ4v) is 4.36. The van der Waals surface area contributed by atoms with Crippen molar-refractivity contribution >= 4 is 23.2 Å². The maximum Gasteiger partial charge on any atom is 0.341 e. The van der Waals surface area contributed by atoms with Crippen molar-refractivity contribution in [1.82, 2.24) is 4.90 Å². The minimum Gasteiger partial charge on any atom is -0.477 e. The van der Waals surface area contributed by atoms with Crippen LogP contribution in [0.3, 0.4) is 0 Å². The summed E-state index contributed by atoms with van der Waals surface area (Å²) in [5, 5.41) is 0. The molecular formula is C26H33NO5. The predicted molar refractivity (Wildman–Crippen MR) is 122 cm³/mol. The summed E-state index contributed by atoms with van der Waals surface area (Å²) < 4.78 is 11.0. The third-order valence-electron chi connectivity index (χ3n) is 6.31. The molecule has 0 unspecified atom stereocenters. The van der Waals surface area contributed by atoms with Gasteiger partial charge in [0.2, 0.25) is 0 Å². The largest absolute Gasteiger partial charge is 0.477 e. The number of allylic oxidation sites excluding steroid dienone is 2. The zero-order valence-corrected chi connectivity index (χ0v) is 19.5. The Balaban J connectivity index is 1.93. The molecule has 6 nitrogen and oxygen atoms in total. The van der Waals surface area contributed by atoms with Gasteiger partial charge in [-0.3, -0.25) is 14.5 Å².